The summed E-state index contributed by atoms with van der Waals surface area (Å²) >= 11 is 0. The van der Waals surface area contributed by atoms with Crippen LogP contribution in [0.5, 0.6) is 5.75 Å². The Morgan fingerprint density at radius 2 is 1.94 bits per heavy atom. The van der Waals surface area contributed by atoms with Crippen LogP contribution in [0.4, 0.5) is 0 Å². The molecule has 3 nitrogen and oxygen atoms in total. The molecule has 0 saturated heterocycles. The minimum atomic E-state index is 0.596. The molecular formula is C13H18N2O. The van der Waals surface area contributed by atoms with E-state index in [1.54, 1.807) is 7.11 Å². The van der Waals surface area contributed by atoms with Crippen LogP contribution >= 0.6 is 0 Å². The van der Waals surface area contributed by atoms with Crippen molar-refractivity contribution in [2.75, 3.05) is 27.2 Å². The van der Waals surface area contributed by atoms with Gasteiger partial charge in [0.15, 0.2) is 0 Å². The molecule has 0 aliphatic carbocycles. The monoisotopic (exact) mass is 218 g/mol. The fraction of sp³-hybridized carbons (Fsp3) is 0.462. The summed E-state index contributed by atoms with van der Waals surface area (Å²) in [6.07, 6.45) is 1.60. The number of ether oxygens (including phenoxy) is 1. The van der Waals surface area contributed by atoms with Crippen molar-refractivity contribution in [3.8, 4) is 11.8 Å². The maximum atomic E-state index is 8.47. The molecule has 0 bridgehead atoms. The minimum absolute atomic E-state index is 0.596. The zero-order chi connectivity index (χ0) is 11.8. The second-order valence-electron chi connectivity index (χ2n) is 3.81. The third kappa shape index (κ3) is 4.33. The lowest BCUT2D eigenvalue weighted by Gasteiger charge is -2.14. The van der Waals surface area contributed by atoms with Crippen LogP contribution in [0.25, 0.3) is 0 Å². The molecule has 0 aromatic heterocycles. The number of rotatable bonds is 6. The van der Waals surface area contributed by atoms with Gasteiger partial charge in [0.05, 0.1) is 13.2 Å². The van der Waals surface area contributed by atoms with Gasteiger partial charge in [0.1, 0.15) is 5.75 Å². The van der Waals surface area contributed by atoms with Gasteiger partial charge in [0.25, 0.3) is 0 Å². The zero-order valence-corrected chi connectivity index (χ0v) is 9.94. The number of nitrogens with zero attached hydrogens (tertiary/aromatic N) is 2. The van der Waals surface area contributed by atoms with Crippen molar-refractivity contribution in [3.63, 3.8) is 0 Å². The smallest absolute Gasteiger partial charge is 0.118 e. The maximum absolute atomic E-state index is 8.47. The molecule has 0 aliphatic heterocycles. The normalized spacial score (nSPS) is 10.1. The summed E-state index contributed by atoms with van der Waals surface area (Å²) in [6, 6.07) is 10.3. The Morgan fingerprint density at radius 1 is 1.25 bits per heavy atom. The highest BCUT2D eigenvalue weighted by molar-refractivity contribution is 5.27. The Labute approximate surface area is 97.3 Å². The first-order chi connectivity index (χ1) is 7.76. The standard InChI is InChI=1S/C13H18N2O/c1-15(10-3-9-14)11-8-12-4-6-13(16-2)7-5-12/h4-7H,3,8,10-11H2,1-2H3. The fourth-order valence-electron chi connectivity index (χ4n) is 1.46. The van der Waals surface area contributed by atoms with Crippen molar-refractivity contribution in [1.29, 1.82) is 5.26 Å². The van der Waals surface area contributed by atoms with E-state index in [9.17, 15) is 0 Å². The van der Waals surface area contributed by atoms with Gasteiger partial charge < -0.3 is 9.64 Å². The van der Waals surface area contributed by atoms with E-state index in [0.29, 0.717) is 6.42 Å². The number of benzene rings is 1. The summed E-state index contributed by atoms with van der Waals surface area (Å²) in [5.74, 6) is 0.890. The number of likely N-dealkylation sites (N-methyl/N-ethyl adjacent to an activating group) is 1. The molecule has 0 saturated carbocycles. The van der Waals surface area contributed by atoms with Crippen LogP contribution in [-0.2, 0) is 6.42 Å². The van der Waals surface area contributed by atoms with Crippen molar-refractivity contribution in [1.82, 2.24) is 4.90 Å². The summed E-state index contributed by atoms with van der Waals surface area (Å²) in [7, 11) is 3.71. The van der Waals surface area contributed by atoms with E-state index < -0.39 is 0 Å². The molecular weight excluding hydrogens is 200 g/mol. The topological polar surface area (TPSA) is 36.3 Å². The highest BCUT2D eigenvalue weighted by Crippen LogP contribution is 2.11. The molecule has 0 radical (unpaired) electrons. The molecule has 0 unspecified atom stereocenters. The molecule has 1 aromatic carbocycles. The SMILES string of the molecule is COc1ccc(CCN(C)CCC#N)cc1. The quantitative estimate of drug-likeness (QED) is 0.733. The minimum Gasteiger partial charge on any atom is -0.497 e. The third-order valence-electron chi connectivity index (χ3n) is 2.55. The summed E-state index contributed by atoms with van der Waals surface area (Å²) in [5, 5.41) is 8.47. The molecule has 0 atom stereocenters. The van der Waals surface area contributed by atoms with Gasteiger partial charge in [-0.15, -0.1) is 0 Å². The van der Waals surface area contributed by atoms with E-state index >= 15 is 0 Å². The average molecular weight is 218 g/mol. The molecule has 3 heteroatoms. The van der Waals surface area contributed by atoms with Gasteiger partial charge in [-0.25, -0.2) is 0 Å². The van der Waals surface area contributed by atoms with Crippen molar-refractivity contribution >= 4 is 0 Å². The van der Waals surface area contributed by atoms with Gasteiger partial charge in [0.2, 0.25) is 0 Å². The molecule has 0 aliphatic rings. The zero-order valence-electron chi connectivity index (χ0n) is 9.94. The van der Waals surface area contributed by atoms with Gasteiger partial charge in [-0.3, -0.25) is 0 Å². The van der Waals surface area contributed by atoms with Crippen molar-refractivity contribution in [3.05, 3.63) is 29.8 Å². The first-order valence-electron chi connectivity index (χ1n) is 5.44. The predicted molar refractivity (Wildman–Crippen MR) is 64.4 cm³/mol. The molecule has 86 valence electrons. The average Bonchev–Trinajstić information content (AvgIpc) is 2.34. The van der Waals surface area contributed by atoms with E-state index in [1.807, 2.05) is 19.2 Å². The predicted octanol–water partition coefficient (Wildman–Crippen LogP) is 2.08. The molecule has 0 spiro atoms. The van der Waals surface area contributed by atoms with E-state index in [1.165, 1.54) is 5.56 Å². The molecule has 1 rings (SSSR count). The van der Waals surface area contributed by atoms with Crippen LogP contribution < -0.4 is 4.74 Å². The third-order valence-corrected chi connectivity index (χ3v) is 2.55. The van der Waals surface area contributed by atoms with Crippen LogP contribution in [-0.4, -0.2) is 32.1 Å². The molecule has 0 N–H and O–H groups in total. The first-order valence-corrected chi connectivity index (χ1v) is 5.44. The van der Waals surface area contributed by atoms with Gasteiger partial charge in [-0.2, -0.15) is 5.26 Å². The lowest BCUT2D eigenvalue weighted by atomic mass is 10.1. The van der Waals surface area contributed by atoms with Gasteiger partial charge >= 0.3 is 0 Å². The number of methoxy groups -OCH3 is 1. The van der Waals surface area contributed by atoms with Gasteiger partial charge in [-0.05, 0) is 31.2 Å². The number of hydrogen-bond acceptors (Lipinski definition) is 3. The summed E-state index contributed by atoms with van der Waals surface area (Å²) in [5.41, 5.74) is 1.30. The van der Waals surface area contributed by atoms with Crippen LogP contribution in [0.1, 0.15) is 12.0 Å². The summed E-state index contributed by atoms with van der Waals surface area (Å²) in [4.78, 5) is 2.17. The Balaban J connectivity index is 2.34. The van der Waals surface area contributed by atoms with Gasteiger partial charge in [0, 0.05) is 19.5 Å². The molecule has 0 amide bonds. The van der Waals surface area contributed by atoms with Crippen LogP contribution in [0, 0.1) is 11.3 Å². The first kappa shape index (κ1) is 12.5. The van der Waals surface area contributed by atoms with Crippen LogP contribution in [0.2, 0.25) is 0 Å². The lowest BCUT2D eigenvalue weighted by molar-refractivity contribution is 0.346. The second-order valence-corrected chi connectivity index (χ2v) is 3.81. The fourth-order valence-corrected chi connectivity index (χ4v) is 1.46. The van der Waals surface area contributed by atoms with Crippen LogP contribution in [0.15, 0.2) is 24.3 Å². The second kappa shape index (κ2) is 6.86. The summed E-state index contributed by atoms with van der Waals surface area (Å²) < 4.78 is 5.10. The molecule has 0 fully saturated rings. The maximum Gasteiger partial charge on any atom is 0.118 e. The van der Waals surface area contributed by atoms with E-state index in [0.717, 1.165) is 25.3 Å². The van der Waals surface area contributed by atoms with Crippen molar-refractivity contribution in [2.45, 2.75) is 12.8 Å². The van der Waals surface area contributed by atoms with E-state index in [2.05, 4.69) is 23.1 Å². The Kier molecular flexibility index (Phi) is 5.38. The highest BCUT2D eigenvalue weighted by Gasteiger charge is 1.99. The number of hydrogen-bond donors (Lipinski definition) is 0. The summed E-state index contributed by atoms with van der Waals surface area (Å²) in [6.45, 7) is 1.82. The Morgan fingerprint density at radius 3 is 2.50 bits per heavy atom. The Bertz CT molecular complexity index is 340. The van der Waals surface area contributed by atoms with Crippen molar-refractivity contribution < 1.29 is 4.74 Å². The molecule has 1 aromatic rings. The lowest BCUT2D eigenvalue weighted by Crippen LogP contribution is -2.22. The highest BCUT2D eigenvalue weighted by atomic mass is 16.5. The Hall–Kier alpha value is -1.53. The van der Waals surface area contributed by atoms with Crippen molar-refractivity contribution in [2.24, 2.45) is 0 Å². The van der Waals surface area contributed by atoms with Crippen LogP contribution in [0.3, 0.4) is 0 Å². The largest absolute Gasteiger partial charge is 0.497 e. The molecule has 16 heavy (non-hydrogen) atoms. The van der Waals surface area contributed by atoms with Gasteiger partial charge in [-0.1, -0.05) is 12.1 Å². The molecule has 0 heterocycles. The number of nitriles is 1. The van der Waals surface area contributed by atoms with E-state index in [4.69, 9.17) is 10.00 Å². The van der Waals surface area contributed by atoms with E-state index in [-0.39, 0.29) is 0 Å².